The lowest BCUT2D eigenvalue weighted by atomic mass is 9.86. The number of alkyl halides is 1. The first kappa shape index (κ1) is 18.4. The molecule has 6 nitrogen and oxygen atoms in total. The van der Waals surface area contributed by atoms with Gasteiger partial charge in [0.05, 0.1) is 17.6 Å². The molecule has 1 heterocycles. The molecule has 1 fully saturated rings. The number of imidazole rings is 1. The predicted molar refractivity (Wildman–Crippen MR) is 106 cm³/mol. The number of rotatable bonds is 5. The van der Waals surface area contributed by atoms with Gasteiger partial charge >= 0.3 is 0 Å². The molecule has 0 unspecified atom stereocenters. The van der Waals surface area contributed by atoms with Crippen molar-refractivity contribution >= 4 is 28.6 Å². The Labute approximate surface area is 162 Å². The molecule has 3 aromatic rings. The van der Waals surface area contributed by atoms with E-state index in [1.807, 2.05) is 28.8 Å². The maximum atomic E-state index is 15.4. The smallest absolute Gasteiger partial charge is 0.274 e. The number of aromatic nitrogens is 2. The number of nitrogens with zero attached hydrogens (tertiary/aromatic N) is 2. The van der Waals surface area contributed by atoms with E-state index in [1.165, 1.54) is 0 Å². The summed E-state index contributed by atoms with van der Waals surface area (Å²) in [5.41, 5.74) is 3.15. The molecule has 0 bridgehead atoms. The minimum atomic E-state index is -1.22. The third kappa shape index (κ3) is 3.71. The van der Waals surface area contributed by atoms with Gasteiger partial charge in [-0.1, -0.05) is 31.4 Å². The van der Waals surface area contributed by atoms with Crippen LogP contribution in [-0.4, -0.2) is 26.3 Å². The maximum Gasteiger partial charge on any atom is 0.274 e. The van der Waals surface area contributed by atoms with E-state index in [4.69, 9.17) is 5.21 Å². The van der Waals surface area contributed by atoms with Crippen LogP contribution in [0.25, 0.3) is 11.0 Å². The number of anilines is 2. The summed E-state index contributed by atoms with van der Waals surface area (Å²) >= 11 is 0. The van der Waals surface area contributed by atoms with Crippen molar-refractivity contribution in [1.29, 1.82) is 0 Å². The van der Waals surface area contributed by atoms with Crippen LogP contribution in [-0.2, 0) is 6.54 Å². The Hall–Kier alpha value is -2.93. The van der Waals surface area contributed by atoms with E-state index in [-0.39, 0.29) is 6.54 Å². The monoisotopic (exact) mass is 382 g/mol. The Balaban J connectivity index is 1.65. The van der Waals surface area contributed by atoms with Crippen LogP contribution in [0.15, 0.2) is 48.5 Å². The summed E-state index contributed by atoms with van der Waals surface area (Å²) in [6, 6.07) is 14.3. The first-order chi connectivity index (χ1) is 13.6. The van der Waals surface area contributed by atoms with Crippen LogP contribution in [0.4, 0.5) is 16.0 Å². The highest BCUT2D eigenvalue weighted by Crippen LogP contribution is 2.35. The van der Waals surface area contributed by atoms with E-state index < -0.39 is 11.6 Å². The van der Waals surface area contributed by atoms with E-state index in [9.17, 15) is 4.79 Å². The number of hydrogen-bond donors (Lipinski definition) is 3. The van der Waals surface area contributed by atoms with Crippen molar-refractivity contribution in [3.8, 4) is 0 Å². The second kappa shape index (κ2) is 7.59. The van der Waals surface area contributed by atoms with Crippen LogP contribution in [0, 0.1) is 0 Å². The van der Waals surface area contributed by atoms with Gasteiger partial charge in [0.2, 0.25) is 5.95 Å². The summed E-state index contributed by atoms with van der Waals surface area (Å²) in [6.07, 6.45) is 4.07. The van der Waals surface area contributed by atoms with Gasteiger partial charge in [-0.2, -0.15) is 0 Å². The lowest BCUT2D eigenvalue weighted by molar-refractivity contribution is 0.0706. The lowest BCUT2D eigenvalue weighted by Crippen LogP contribution is -2.32. The Morgan fingerprint density at radius 3 is 2.54 bits per heavy atom. The molecular weight excluding hydrogens is 359 g/mol. The summed E-state index contributed by atoms with van der Waals surface area (Å²) in [6.45, 7) is 0.265. The van der Waals surface area contributed by atoms with E-state index in [1.54, 1.807) is 29.7 Å². The van der Waals surface area contributed by atoms with Gasteiger partial charge in [-0.15, -0.1) is 0 Å². The number of hydrogen-bond acceptors (Lipinski definition) is 4. The molecular formula is C21H23FN4O2. The van der Waals surface area contributed by atoms with Crippen molar-refractivity contribution in [1.82, 2.24) is 15.0 Å². The van der Waals surface area contributed by atoms with Gasteiger partial charge in [0.25, 0.3) is 5.91 Å². The second-order valence-electron chi connectivity index (χ2n) is 7.37. The van der Waals surface area contributed by atoms with Crippen LogP contribution in [0.3, 0.4) is 0 Å². The summed E-state index contributed by atoms with van der Waals surface area (Å²) in [4.78, 5) is 16.1. The zero-order chi connectivity index (χ0) is 19.6. The topological polar surface area (TPSA) is 79.2 Å². The van der Waals surface area contributed by atoms with Crippen LogP contribution in [0.1, 0.15) is 42.5 Å². The number of amides is 1. The Kier molecular flexibility index (Phi) is 5.00. The molecule has 146 valence electrons. The maximum absolute atomic E-state index is 15.4. The molecule has 2 aromatic carbocycles. The molecule has 1 aromatic heterocycles. The van der Waals surface area contributed by atoms with E-state index >= 15 is 4.39 Å². The fourth-order valence-corrected chi connectivity index (χ4v) is 3.86. The van der Waals surface area contributed by atoms with Crippen LogP contribution >= 0.6 is 0 Å². The van der Waals surface area contributed by atoms with E-state index in [0.717, 1.165) is 36.0 Å². The average molecular weight is 382 g/mol. The van der Waals surface area contributed by atoms with Gasteiger partial charge in [0, 0.05) is 11.3 Å². The summed E-state index contributed by atoms with van der Waals surface area (Å²) < 4.78 is 17.3. The molecule has 7 heteroatoms. The van der Waals surface area contributed by atoms with E-state index in [0.29, 0.717) is 24.4 Å². The largest absolute Gasteiger partial charge is 0.326 e. The zero-order valence-corrected chi connectivity index (χ0v) is 15.5. The molecule has 3 N–H and O–H groups in total. The molecule has 0 atom stereocenters. The molecule has 0 spiro atoms. The van der Waals surface area contributed by atoms with E-state index in [2.05, 4.69) is 10.3 Å². The van der Waals surface area contributed by atoms with Crippen molar-refractivity contribution in [3.63, 3.8) is 0 Å². The number of benzene rings is 2. The van der Waals surface area contributed by atoms with Gasteiger partial charge in [0.1, 0.15) is 5.67 Å². The molecule has 0 aliphatic heterocycles. The molecule has 1 saturated carbocycles. The van der Waals surface area contributed by atoms with Crippen molar-refractivity contribution in [3.05, 3.63) is 54.1 Å². The van der Waals surface area contributed by atoms with Gasteiger partial charge in [-0.25, -0.2) is 14.9 Å². The number of fused-ring (bicyclic) bond motifs is 1. The highest BCUT2D eigenvalue weighted by Gasteiger charge is 2.33. The fourth-order valence-electron chi connectivity index (χ4n) is 3.86. The summed E-state index contributed by atoms with van der Waals surface area (Å²) in [5, 5.41) is 12.0. The minimum absolute atomic E-state index is 0.265. The van der Waals surface area contributed by atoms with Gasteiger partial charge in [-0.3, -0.25) is 10.0 Å². The third-order valence-corrected chi connectivity index (χ3v) is 5.35. The SMILES string of the molecule is O=C(NO)c1ccc(Nc2nc3ccccc3n2CC2(F)CCCCC2)cc1. The first-order valence-electron chi connectivity index (χ1n) is 9.54. The quantitative estimate of drug-likeness (QED) is 0.446. The number of carbonyl (C=O) groups excluding carboxylic acids is 1. The first-order valence-corrected chi connectivity index (χ1v) is 9.54. The van der Waals surface area contributed by atoms with Gasteiger partial charge < -0.3 is 9.88 Å². The van der Waals surface area contributed by atoms with Crippen molar-refractivity contribution in [2.45, 2.75) is 44.3 Å². The number of nitrogens with one attached hydrogen (secondary N) is 2. The average Bonchev–Trinajstić information content (AvgIpc) is 3.05. The lowest BCUT2D eigenvalue weighted by Gasteiger charge is -2.30. The number of hydroxylamine groups is 1. The summed E-state index contributed by atoms with van der Waals surface area (Å²) in [7, 11) is 0. The van der Waals surface area contributed by atoms with Crippen molar-refractivity contribution in [2.75, 3.05) is 5.32 Å². The number of halogens is 1. The number of para-hydroxylation sites is 2. The standard InChI is InChI=1S/C21H23FN4O2/c22-21(12-4-1-5-13-21)14-26-18-7-3-2-6-17(18)24-20(26)23-16-10-8-15(9-11-16)19(27)25-28/h2-3,6-11,28H,1,4-5,12-14H2,(H,23,24)(H,25,27). The predicted octanol–water partition coefficient (Wildman–Crippen LogP) is 4.57. The van der Waals surface area contributed by atoms with Gasteiger partial charge in [-0.05, 0) is 49.2 Å². The second-order valence-corrected chi connectivity index (χ2v) is 7.37. The highest BCUT2D eigenvalue weighted by atomic mass is 19.1. The molecule has 0 saturated heterocycles. The van der Waals surface area contributed by atoms with Crippen LogP contribution in [0.2, 0.25) is 0 Å². The van der Waals surface area contributed by atoms with Gasteiger partial charge in [0.15, 0.2) is 0 Å². The normalized spacial score (nSPS) is 16.1. The molecule has 1 aliphatic carbocycles. The molecule has 4 rings (SSSR count). The fraction of sp³-hybridized carbons (Fsp3) is 0.333. The third-order valence-electron chi connectivity index (χ3n) is 5.35. The molecule has 28 heavy (non-hydrogen) atoms. The van der Waals surface area contributed by atoms with Crippen molar-refractivity contribution < 1.29 is 14.4 Å². The van der Waals surface area contributed by atoms with Crippen LogP contribution in [0.5, 0.6) is 0 Å². The Morgan fingerprint density at radius 1 is 1.11 bits per heavy atom. The zero-order valence-electron chi connectivity index (χ0n) is 15.5. The Morgan fingerprint density at radius 2 is 1.82 bits per heavy atom. The number of carbonyl (C=O) groups is 1. The molecule has 1 aliphatic rings. The molecule has 1 amide bonds. The molecule has 0 radical (unpaired) electrons. The Bertz CT molecular complexity index is 978. The van der Waals surface area contributed by atoms with Crippen molar-refractivity contribution in [2.24, 2.45) is 0 Å². The highest BCUT2D eigenvalue weighted by molar-refractivity contribution is 5.93. The summed E-state index contributed by atoms with van der Waals surface area (Å²) in [5.74, 6) is -0.00128. The minimum Gasteiger partial charge on any atom is -0.326 e. The van der Waals surface area contributed by atoms with Crippen LogP contribution < -0.4 is 10.8 Å².